The van der Waals surface area contributed by atoms with E-state index in [2.05, 4.69) is 26.2 Å². The van der Waals surface area contributed by atoms with Gasteiger partial charge in [-0.3, -0.25) is 4.79 Å². The standard InChI is InChI=1S/C16H11BrN2O2S/c17-12-3-1-2-4-13(12)18-16-19-15(21)14(22-16)9-10-5-7-11(20)8-6-10/h1-9,20H,(H,18,19,21). The van der Waals surface area contributed by atoms with E-state index >= 15 is 0 Å². The van der Waals surface area contributed by atoms with Crippen LogP contribution in [0, 0.1) is 0 Å². The number of benzene rings is 2. The number of hydrogen-bond donors (Lipinski definition) is 2. The molecule has 2 aromatic carbocycles. The van der Waals surface area contributed by atoms with E-state index < -0.39 is 0 Å². The lowest BCUT2D eigenvalue weighted by Crippen LogP contribution is -2.19. The molecule has 1 heterocycles. The molecule has 0 spiro atoms. The zero-order valence-electron chi connectivity index (χ0n) is 11.3. The van der Waals surface area contributed by atoms with Gasteiger partial charge in [0.05, 0.1) is 10.6 Å². The number of phenolic OH excluding ortho intramolecular Hbond substituents is 1. The third-order valence-electron chi connectivity index (χ3n) is 2.92. The van der Waals surface area contributed by atoms with Crippen molar-refractivity contribution < 1.29 is 9.90 Å². The molecular formula is C16H11BrN2O2S. The summed E-state index contributed by atoms with van der Waals surface area (Å²) in [4.78, 5) is 17.0. The van der Waals surface area contributed by atoms with Crippen molar-refractivity contribution in [2.75, 3.05) is 0 Å². The summed E-state index contributed by atoms with van der Waals surface area (Å²) in [5.74, 6) is 0.0192. The Labute approximate surface area is 140 Å². The molecule has 1 aliphatic heterocycles. The summed E-state index contributed by atoms with van der Waals surface area (Å²) >= 11 is 4.72. The van der Waals surface area contributed by atoms with Crippen LogP contribution in [0.4, 0.5) is 5.69 Å². The fourth-order valence-electron chi connectivity index (χ4n) is 1.85. The smallest absolute Gasteiger partial charge is 0.264 e. The fraction of sp³-hybridized carbons (Fsp3) is 0. The second kappa shape index (κ2) is 6.37. The Morgan fingerprint density at radius 1 is 1.14 bits per heavy atom. The number of nitrogens with one attached hydrogen (secondary N) is 1. The number of aliphatic imine (C=N–C) groups is 1. The molecule has 2 aromatic rings. The van der Waals surface area contributed by atoms with Gasteiger partial charge in [-0.25, -0.2) is 4.99 Å². The molecule has 3 rings (SSSR count). The minimum atomic E-state index is -0.177. The van der Waals surface area contributed by atoms with Gasteiger partial charge in [-0.05, 0) is 63.6 Å². The summed E-state index contributed by atoms with van der Waals surface area (Å²) in [5.41, 5.74) is 1.61. The van der Waals surface area contributed by atoms with Crippen LogP contribution < -0.4 is 5.32 Å². The molecule has 6 heteroatoms. The Balaban J connectivity index is 1.84. The number of aromatic hydroxyl groups is 1. The van der Waals surface area contributed by atoms with E-state index in [9.17, 15) is 9.90 Å². The van der Waals surface area contributed by atoms with Gasteiger partial charge in [-0.2, -0.15) is 0 Å². The third kappa shape index (κ3) is 3.40. The highest BCUT2D eigenvalue weighted by Gasteiger charge is 2.23. The van der Waals surface area contributed by atoms with Crippen molar-refractivity contribution >= 4 is 50.5 Å². The summed E-state index contributed by atoms with van der Waals surface area (Å²) in [7, 11) is 0. The maximum atomic E-state index is 12.0. The average molecular weight is 375 g/mol. The predicted molar refractivity (Wildman–Crippen MR) is 93.1 cm³/mol. The van der Waals surface area contributed by atoms with E-state index in [4.69, 9.17) is 0 Å². The number of nitrogens with zero attached hydrogens (tertiary/aromatic N) is 1. The number of thioether (sulfide) groups is 1. The van der Waals surface area contributed by atoms with E-state index in [1.54, 1.807) is 30.3 Å². The number of carbonyl (C=O) groups excluding carboxylic acids is 1. The molecule has 1 saturated heterocycles. The molecular weight excluding hydrogens is 364 g/mol. The summed E-state index contributed by atoms with van der Waals surface area (Å²) in [6, 6.07) is 14.2. The molecule has 2 N–H and O–H groups in total. The molecule has 0 aromatic heterocycles. The minimum absolute atomic E-state index is 0.177. The average Bonchev–Trinajstić information content (AvgIpc) is 2.84. The Kier molecular flexibility index (Phi) is 4.31. The van der Waals surface area contributed by atoms with Crippen molar-refractivity contribution in [2.24, 2.45) is 4.99 Å². The van der Waals surface area contributed by atoms with Gasteiger partial charge in [-0.15, -0.1) is 0 Å². The highest BCUT2D eigenvalue weighted by atomic mass is 79.9. The summed E-state index contributed by atoms with van der Waals surface area (Å²) in [6.45, 7) is 0. The number of halogens is 1. The highest BCUT2D eigenvalue weighted by molar-refractivity contribution is 9.10. The predicted octanol–water partition coefficient (Wildman–Crippen LogP) is 4.05. The molecule has 0 saturated carbocycles. The van der Waals surface area contributed by atoms with Gasteiger partial charge in [0.1, 0.15) is 5.75 Å². The van der Waals surface area contributed by atoms with Crippen LogP contribution in [0.3, 0.4) is 0 Å². The largest absolute Gasteiger partial charge is 0.508 e. The number of para-hydroxylation sites is 1. The lowest BCUT2D eigenvalue weighted by Gasteiger charge is -1.98. The van der Waals surface area contributed by atoms with E-state index in [1.165, 1.54) is 11.8 Å². The van der Waals surface area contributed by atoms with Crippen molar-refractivity contribution in [2.45, 2.75) is 0 Å². The maximum Gasteiger partial charge on any atom is 0.264 e. The zero-order chi connectivity index (χ0) is 15.5. The van der Waals surface area contributed by atoms with Gasteiger partial charge in [0.2, 0.25) is 0 Å². The zero-order valence-corrected chi connectivity index (χ0v) is 13.7. The first-order valence-electron chi connectivity index (χ1n) is 6.45. The van der Waals surface area contributed by atoms with Crippen molar-refractivity contribution in [1.29, 1.82) is 0 Å². The Morgan fingerprint density at radius 2 is 1.86 bits per heavy atom. The van der Waals surface area contributed by atoms with Crippen molar-refractivity contribution in [3.63, 3.8) is 0 Å². The third-order valence-corrected chi connectivity index (χ3v) is 4.50. The number of amides is 1. The van der Waals surface area contributed by atoms with E-state index in [0.29, 0.717) is 10.1 Å². The number of phenols is 1. The first kappa shape index (κ1) is 14.9. The first-order chi connectivity index (χ1) is 10.6. The summed E-state index contributed by atoms with van der Waals surface area (Å²) in [6.07, 6.45) is 1.77. The monoisotopic (exact) mass is 374 g/mol. The Morgan fingerprint density at radius 3 is 2.59 bits per heavy atom. The first-order valence-corrected chi connectivity index (χ1v) is 8.06. The van der Waals surface area contributed by atoms with Crippen LogP contribution in [0.5, 0.6) is 5.75 Å². The van der Waals surface area contributed by atoms with Gasteiger partial charge in [-0.1, -0.05) is 24.3 Å². The van der Waals surface area contributed by atoms with Crippen LogP contribution >= 0.6 is 27.7 Å². The lowest BCUT2D eigenvalue weighted by molar-refractivity contribution is -0.115. The van der Waals surface area contributed by atoms with Crippen molar-refractivity contribution in [3.8, 4) is 5.75 Å². The molecule has 1 fully saturated rings. The minimum Gasteiger partial charge on any atom is -0.508 e. The van der Waals surface area contributed by atoms with Gasteiger partial charge in [0.15, 0.2) is 5.17 Å². The molecule has 0 aliphatic carbocycles. The van der Waals surface area contributed by atoms with E-state index in [0.717, 1.165) is 15.7 Å². The molecule has 1 aliphatic rings. The van der Waals surface area contributed by atoms with Gasteiger partial charge in [0.25, 0.3) is 5.91 Å². The second-order valence-electron chi connectivity index (χ2n) is 4.52. The van der Waals surface area contributed by atoms with Crippen molar-refractivity contribution in [1.82, 2.24) is 5.32 Å². The number of hydrogen-bond acceptors (Lipinski definition) is 4. The van der Waals surface area contributed by atoms with Gasteiger partial charge >= 0.3 is 0 Å². The van der Waals surface area contributed by atoms with Gasteiger partial charge in [0, 0.05) is 4.47 Å². The summed E-state index contributed by atoms with van der Waals surface area (Å²) < 4.78 is 0.869. The molecule has 110 valence electrons. The molecule has 0 atom stereocenters. The quantitative estimate of drug-likeness (QED) is 0.779. The Bertz CT molecular complexity index is 785. The maximum absolute atomic E-state index is 12.0. The molecule has 1 amide bonds. The highest BCUT2D eigenvalue weighted by Crippen LogP contribution is 2.31. The number of carbonyl (C=O) groups is 1. The van der Waals surface area contributed by atoms with E-state index in [1.807, 2.05) is 24.3 Å². The van der Waals surface area contributed by atoms with Crippen LogP contribution in [-0.4, -0.2) is 16.2 Å². The van der Waals surface area contributed by atoms with Crippen LogP contribution in [-0.2, 0) is 4.79 Å². The fourth-order valence-corrected chi connectivity index (χ4v) is 3.06. The lowest BCUT2D eigenvalue weighted by atomic mass is 10.2. The molecule has 4 nitrogen and oxygen atoms in total. The molecule has 0 unspecified atom stereocenters. The van der Waals surface area contributed by atoms with Crippen LogP contribution in [0.15, 0.2) is 62.9 Å². The van der Waals surface area contributed by atoms with Crippen LogP contribution in [0.1, 0.15) is 5.56 Å². The Hall–Kier alpha value is -2.05. The van der Waals surface area contributed by atoms with Crippen molar-refractivity contribution in [3.05, 3.63) is 63.5 Å². The molecule has 22 heavy (non-hydrogen) atoms. The normalized spacial score (nSPS) is 18.0. The number of amidine groups is 1. The van der Waals surface area contributed by atoms with Gasteiger partial charge < -0.3 is 10.4 Å². The number of rotatable bonds is 2. The van der Waals surface area contributed by atoms with Crippen LogP contribution in [0.2, 0.25) is 0 Å². The van der Waals surface area contributed by atoms with E-state index in [-0.39, 0.29) is 11.7 Å². The molecule has 0 radical (unpaired) electrons. The second-order valence-corrected chi connectivity index (χ2v) is 6.41. The topological polar surface area (TPSA) is 61.7 Å². The summed E-state index contributed by atoms with van der Waals surface area (Å²) in [5, 5.41) is 12.6. The molecule has 0 bridgehead atoms. The SMILES string of the molecule is O=C1NC(=Nc2ccccc2Br)SC1=Cc1ccc(O)cc1. The van der Waals surface area contributed by atoms with Crippen LogP contribution in [0.25, 0.3) is 6.08 Å².